The van der Waals surface area contributed by atoms with E-state index in [9.17, 15) is 10.1 Å². The van der Waals surface area contributed by atoms with Gasteiger partial charge in [0.25, 0.3) is 5.69 Å². The molecule has 1 N–H and O–H groups in total. The second-order valence-electron chi connectivity index (χ2n) is 4.89. The van der Waals surface area contributed by atoms with Gasteiger partial charge in [0, 0.05) is 18.2 Å². The standard InChI is InChI=1S/C13H20N2O3/c1-5-13(2,3)14-9-10-6-11(15(16)17)8-12(7-10)18-4/h6-8,14H,5,9H2,1-4H3. The lowest BCUT2D eigenvalue weighted by Crippen LogP contribution is -2.37. The molecule has 0 aliphatic heterocycles. The maximum Gasteiger partial charge on any atom is 0.273 e. The smallest absolute Gasteiger partial charge is 0.273 e. The number of nitrogens with zero attached hydrogens (tertiary/aromatic N) is 1. The molecule has 0 aliphatic rings. The molecular formula is C13H20N2O3. The van der Waals surface area contributed by atoms with Crippen molar-refractivity contribution < 1.29 is 9.66 Å². The Morgan fingerprint density at radius 1 is 1.39 bits per heavy atom. The van der Waals surface area contributed by atoms with Gasteiger partial charge in [-0.1, -0.05) is 6.92 Å². The maximum atomic E-state index is 10.8. The Hall–Kier alpha value is -1.62. The van der Waals surface area contributed by atoms with Crippen molar-refractivity contribution >= 4 is 5.69 Å². The largest absolute Gasteiger partial charge is 0.496 e. The zero-order valence-electron chi connectivity index (χ0n) is 11.3. The van der Waals surface area contributed by atoms with E-state index in [-0.39, 0.29) is 11.2 Å². The average molecular weight is 252 g/mol. The molecule has 5 nitrogen and oxygen atoms in total. The molecule has 0 aromatic heterocycles. The minimum Gasteiger partial charge on any atom is -0.496 e. The quantitative estimate of drug-likeness (QED) is 0.624. The van der Waals surface area contributed by atoms with Gasteiger partial charge in [0.15, 0.2) is 0 Å². The summed E-state index contributed by atoms with van der Waals surface area (Å²) in [5.41, 5.74) is 0.917. The molecule has 0 amide bonds. The first-order valence-corrected chi connectivity index (χ1v) is 5.95. The monoisotopic (exact) mass is 252 g/mol. The minimum absolute atomic E-state index is 0.0118. The van der Waals surface area contributed by atoms with E-state index >= 15 is 0 Å². The summed E-state index contributed by atoms with van der Waals surface area (Å²) >= 11 is 0. The molecule has 100 valence electrons. The summed E-state index contributed by atoms with van der Waals surface area (Å²) in [7, 11) is 1.51. The molecule has 0 atom stereocenters. The summed E-state index contributed by atoms with van der Waals surface area (Å²) in [6.07, 6.45) is 0.985. The number of hydrogen-bond acceptors (Lipinski definition) is 4. The zero-order chi connectivity index (χ0) is 13.8. The lowest BCUT2D eigenvalue weighted by Gasteiger charge is -2.24. The Balaban J connectivity index is 2.88. The number of methoxy groups -OCH3 is 1. The van der Waals surface area contributed by atoms with Crippen LogP contribution in [0.2, 0.25) is 0 Å². The van der Waals surface area contributed by atoms with E-state index < -0.39 is 4.92 Å². The molecule has 0 spiro atoms. The highest BCUT2D eigenvalue weighted by Crippen LogP contribution is 2.23. The van der Waals surface area contributed by atoms with Crippen LogP contribution in [0.4, 0.5) is 5.69 Å². The topological polar surface area (TPSA) is 64.4 Å². The van der Waals surface area contributed by atoms with Crippen LogP contribution in [0.5, 0.6) is 5.75 Å². The van der Waals surface area contributed by atoms with Crippen LogP contribution in [0.15, 0.2) is 18.2 Å². The van der Waals surface area contributed by atoms with Crippen LogP contribution in [-0.4, -0.2) is 17.6 Å². The van der Waals surface area contributed by atoms with Crippen molar-refractivity contribution in [3.63, 3.8) is 0 Å². The van der Waals surface area contributed by atoms with Crippen LogP contribution in [0.25, 0.3) is 0 Å². The third-order valence-electron chi connectivity index (χ3n) is 3.05. The molecule has 0 bridgehead atoms. The Morgan fingerprint density at radius 3 is 2.56 bits per heavy atom. The van der Waals surface area contributed by atoms with E-state index in [2.05, 4.69) is 26.1 Å². The Morgan fingerprint density at radius 2 is 2.06 bits per heavy atom. The number of nitro benzene ring substituents is 1. The fourth-order valence-electron chi connectivity index (χ4n) is 1.44. The van der Waals surface area contributed by atoms with Gasteiger partial charge in [0.1, 0.15) is 5.75 Å². The van der Waals surface area contributed by atoms with Gasteiger partial charge in [-0.25, -0.2) is 0 Å². The third-order valence-corrected chi connectivity index (χ3v) is 3.05. The molecule has 0 saturated carbocycles. The number of ether oxygens (including phenoxy) is 1. The normalized spacial score (nSPS) is 11.3. The molecule has 1 aromatic carbocycles. The molecular weight excluding hydrogens is 232 g/mol. The highest BCUT2D eigenvalue weighted by atomic mass is 16.6. The first-order valence-electron chi connectivity index (χ1n) is 5.95. The van der Waals surface area contributed by atoms with Gasteiger partial charge in [-0.15, -0.1) is 0 Å². The summed E-state index contributed by atoms with van der Waals surface area (Å²) in [5, 5.41) is 14.2. The molecule has 0 heterocycles. The van der Waals surface area contributed by atoms with Crippen LogP contribution < -0.4 is 10.1 Å². The number of nitro groups is 1. The van der Waals surface area contributed by atoms with Crippen LogP contribution >= 0.6 is 0 Å². The van der Waals surface area contributed by atoms with Gasteiger partial charge < -0.3 is 10.1 Å². The summed E-state index contributed by atoms with van der Waals surface area (Å²) < 4.78 is 5.07. The van der Waals surface area contributed by atoms with E-state index in [1.54, 1.807) is 6.07 Å². The number of hydrogen-bond donors (Lipinski definition) is 1. The molecule has 5 heteroatoms. The summed E-state index contributed by atoms with van der Waals surface area (Å²) in [4.78, 5) is 10.4. The van der Waals surface area contributed by atoms with Gasteiger partial charge in [-0.2, -0.15) is 0 Å². The minimum atomic E-state index is -0.406. The molecule has 18 heavy (non-hydrogen) atoms. The van der Waals surface area contributed by atoms with Crippen molar-refractivity contribution in [2.45, 2.75) is 39.3 Å². The van der Waals surface area contributed by atoms with Crippen LogP contribution in [0.1, 0.15) is 32.8 Å². The SMILES string of the molecule is CCC(C)(C)NCc1cc(OC)cc([N+](=O)[O-])c1. The van der Waals surface area contributed by atoms with Gasteiger partial charge in [0.2, 0.25) is 0 Å². The van der Waals surface area contributed by atoms with Crippen LogP contribution in [0, 0.1) is 10.1 Å². The van der Waals surface area contributed by atoms with Crippen molar-refractivity contribution in [3.05, 3.63) is 33.9 Å². The van der Waals surface area contributed by atoms with Gasteiger partial charge in [0.05, 0.1) is 18.1 Å². The molecule has 0 fully saturated rings. The molecule has 1 aromatic rings. The highest BCUT2D eigenvalue weighted by molar-refractivity contribution is 5.42. The van der Waals surface area contributed by atoms with Crippen molar-refractivity contribution in [1.29, 1.82) is 0 Å². The number of non-ortho nitro benzene ring substituents is 1. The van der Waals surface area contributed by atoms with Crippen molar-refractivity contribution in [1.82, 2.24) is 5.32 Å². The first kappa shape index (κ1) is 14.4. The van der Waals surface area contributed by atoms with E-state index in [1.807, 2.05) is 6.07 Å². The number of nitrogens with one attached hydrogen (secondary N) is 1. The van der Waals surface area contributed by atoms with Gasteiger partial charge >= 0.3 is 0 Å². The summed E-state index contributed by atoms with van der Waals surface area (Å²) in [5.74, 6) is 0.510. The van der Waals surface area contributed by atoms with E-state index in [0.717, 1.165) is 12.0 Å². The molecule has 0 saturated heterocycles. The van der Waals surface area contributed by atoms with Crippen molar-refractivity contribution in [2.75, 3.05) is 7.11 Å². The molecule has 0 aliphatic carbocycles. The van der Waals surface area contributed by atoms with E-state index in [1.165, 1.54) is 13.2 Å². The van der Waals surface area contributed by atoms with E-state index in [0.29, 0.717) is 12.3 Å². The number of rotatable bonds is 6. The predicted octanol–water partition coefficient (Wildman–Crippen LogP) is 2.88. The summed E-state index contributed by atoms with van der Waals surface area (Å²) in [6, 6.07) is 4.81. The molecule has 0 unspecified atom stereocenters. The third kappa shape index (κ3) is 4.00. The van der Waals surface area contributed by atoms with Crippen LogP contribution in [-0.2, 0) is 6.54 Å². The van der Waals surface area contributed by atoms with Crippen molar-refractivity contribution in [3.8, 4) is 5.75 Å². The van der Waals surface area contributed by atoms with Gasteiger partial charge in [-0.05, 0) is 31.9 Å². The summed E-state index contributed by atoms with van der Waals surface area (Å²) in [6.45, 7) is 6.88. The average Bonchev–Trinajstić information content (AvgIpc) is 2.36. The fourth-order valence-corrected chi connectivity index (χ4v) is 1.44. The highest BCUT2D eigenvalue weighted by Gasteiger charge is 2.15. The number of benzene rings is 1. The van der Waals surface area contributed by atoms with Gasteiger partial charge in [-0.3, -0.25) is 10.1 Å². The zero-order valence-corrected chi connectivity index (χ0v) is 11.3. The Labute approximate surface area is 107 Å². The maximum absolute atomic E-state index is 10.8. The second kappa shape index (κ2) is 5.82. The lowest BCUT2D eigenvalue weighted by molar-refractivity contribution is -0.385. The first-order chi connectivity index (χ1) is 8.38. The van der Waals surface area contributed by atoms with Crippen molar-refractivity contribution in [2.24, 2.45) is 0 Å². The fraction of sp³-hybridized carbons (Fsp3) is 0.538. The Kier molecular flexibility index (Phi) is 4.67. The van der Waals surface area contributed by atoms with Crippen LogP contribution in [0.3, 0.4) is 0 Å². The lowest BCUT2D eigenvalue weighted by atomic mass is 10.0. The predicted molar refractivity (Wildman–Crippen MR) is 70.9 cm³/mol. The molecule has 0 radical (unpaired) electrons. The van der Waals surface area contributed by atoms with E-state index in [4.69, 9.17) is 4.74 Å². The molecule has 1 rings (SSSR count). The second-order valence-corrected chi connectivity index (χ2v) is 4.89. The Bertz CT molecular complexity index is 430.